The number of rotatable bonds is 3. The summed E-state index contributed by atoms with van der Waals surface area (Å²) in [7, 11) is 2.27. The molecule has 0 aliphatic carbocycles. The Hall–Kier alpha value is -0.120. The minimum absolute atomic E-state index is 0.816. The molecule has 2 saturated heterocycles. The van der Waals surface area contributed by atoms with Gasteiger partial charge in [-0.15, -0.1) is 0 Å². The molecule has 0 saturated carbocycles. The van der Waals surface area contributed by atoms with Gasteiger partial charge in [-0.3, -0.25) is 0 Å². The molecule has 0 bridgehead atoms. The first-order valence-corrected chi connectivity index (χ1v) is 6.90. The summed E-state index contributed by atoms with van der Waals surface area (Å²) >= 11 is 0. The Balaban J connectivity index is 1.75. The molecule has 0 spiro atoms. The van der Waals surface area contributed by atoms with Crippen LogP contribution in [-0.2, 0) is 0 Å². The summed E-state index contributed by atoms with van der Waals surface area (Å²) in [6, 6.07) is 0. The Labute approximate surface area is 100.0 Å². The molecule has 2 N–H and O–H groups in total. The fraction of sp³-hybridized carbons (Fsp3) is 1.00. The summed E-state index contributed by atoms with van der Waals surface area (Å²) in [6.45, 7) is 7.11. The van der Waals surface area contributed by atoms with E-state index in [1.165, 1.54) is 51.9 Å². The van der Waals surface area contributed by atoms with E-state index >= 15 is 0 Å². The molecule has 1 atom stereocenters. The third-order valence-corrected chi connectivity index (χ3v) is 4.41. The molecular formula is C13H27N3. The van der Waals surface area contributed by atoms with Crippen molar-refractivity contribution in [3.05, 3.63) is 0 Å². The second-order valence-corrected chi connectivity index (χ2v) is 5.63. The standard InChI is InChI=1S/C13H27N3/c1-15-7-2-3-13(11-15)12-4-8-16(9-5-12)10-6-14/h12-13H,2-11,14H2,1H3. The maximum Gasteiger partial charge on any atom is 0.0105 e. The molecule has 0 aromatic rings. The number of hydrogen-bond donors (Lipinski definition) is 1. The Morgan fingerprint density at radius 1 is 1.06 bits per heavy atom. The third-order valence-electron chi connectivity index (χ3n) is 4.41. The van der Waals surface area contributed by atoms with Crippen LogP contribution in [0.2, 0.25) is 0 Å². The summed E-state index contributed by atoms with van der Waals surface area (Å²) in [5.74, 6) is 1.95. The number of likely N-dealkylation sites (tertiary alicyclic amines) is 2. The highest BCUT2D eigenvalue weighted by molar-refractivity contribution is 4.82. The topological polar surface area (TPSA) is 32.5 Å². The third kappa shape index (κ3) is 3.19. The molecule has 0 amide bonds. The van der Waals surface area contributed by atoms with Crippen LogP contribution in [0.25, 0.3) is 0 Å². The van der Waals surface area contributed by atoms with Gasteiger partial charge in [-0.05, 0) is 64.2 Å². The first-order chi connectivity index (χ1) is 7.79. The van der Waals surface area contributed by atoms with Crippen LogP contribution in [0, 0.1) is 11.8 Å². The van der Waals surface area contributed by atoms with Gasteiger partial charge in [-0.25, -0.2) is 0 Å². The molecule has 3 heteroatoms. The zero-order valence-corrected chi connectivity index (χ0v) is 10.7. The van der Waals surface area contributed by atoms with E-state index < -0.39 is 0 Å². The fourth-order valence-electron chi connectivity index (χ4n) is 3.42. The Morgan fingerprint density at radius 2 is 1.81 bits per heavy atom. The second kappa shape index (κ2) is 5.99. The van der Waals surface area contributed by atoms with Gasteiger partial charge in [0.25, 0.3) is 0 Å². The lowest BCUT2D eigenvalue weighted by Crippen LogP contribution is -2.42. The van der Waals surface area contributed by atoms with E-state index in [4.69, 9.17) is 5.73 Å². The van der Waals surface area contributed by atoms with Crippen LogP contribution >= 0.6 is 0 Å². The van der Waals surface area contributed by atoms with E-state index in [0.29, 0.717) is 0 Å². The van der Waals surface area contributed by atoms with Crippen LogP contribution in [0.1, 0.15) is 25.7 Å². The summed E-state index contributed by atoms with van der Waals surface area (Å²) in [6.07, 6.45) is 5.67. The SMILES string of the molecule is CN1CCCC(C2CCN(CCN)CC2)C1. The van der Waals surface area contributed by atoms with Crippen LogP contribution in [-0.4, -0.2) is 56.1 Å². The zero-order chi connectivity index (χ0) is 11.4. The van der Waals surface area contributed by atoms with Crippen molar-refractivity contribution in [1.29, 1.82) is 0 Å². The highest BCUT2D eigenvalue weighted by Crippen LogP contribution is 2.30. The number of hydrogen-bond acceptors (Lipinski definition) is 3. The molecule has 1 unspecified atom stereocenters. The molecule has 16 heavy (non-hydrogen) atoms. The average Bonchev–Trinajstić information content (AvgIpc) is 2.30. The Bertz CT molecular complexity index is 199. The van der Waals surface area contributed by atoms with Gasteiger partial charge in [0, 0.05) is 19.6 Å². The number of nitrogens with two attached hydrogens (primary N) is 1. The van der Waals surface area contributed by atoms with E-state index in [9.17, 15) is 0 Å². The lowest BCUT2D eigenvalue weighted by molar-refractivity contribution is 0.0999. The molecule has 3 nitrogen and oxygen atoms in total. The molecule has 0 aromatic carbocycles. The van der Waals surface area contributed by atoms with Crippen LogP contribution in [0.4, 0.5) is 0 Å². The molecule has 2 aliphatic rings. The van der Waals surface area contributed by atoms with E-state index in [1.807, 2.05) is 0 Å². The van der Waals surface area contributed by atoms with Gasteiger partial charge in [0.15, 0.2) is 0 Å². The largest absolute Gasteiger partial charge is 0.329 e. The summed E-state index contributed by atoms with van der Waals surface area (Å²) < 4.78 is 0. The van der Waals surface area contributed by atoms with Crippen molar-refractivity contribution in [3.63, 3.8) is 0 Å². The highest BCUT2D eigenvalue weighted by atomic mass is 15.1. The fourth-order valence-corrected chi connectivity index (χ4v) is 3.42. The minimum Gasteiger partial charge on any atom is -0.329 e. The lowest BCUT2D eigenvalue weighted by Gasteiger charge is -2.39. The summed E-state index contributed by atoms with van der Waals surface area (Å²) in [5, 5.41) is 0. The van der Waals surface area contributed by atoms with Crippen molar-refractivity contribution >= 4 is 0 Å². The van der Waals surface area contributed by atoms with E-state index in [1.54, 1.807) is 0 Å². The number of nitrogens with zero attached hydrogens (tertiary/aromatic N) is 2. The van der Waals surface area contributed by atoms with E-state index in [0.717, 1.165) is 24.9 Å². The first-order valence-electron chi connectivity index (χ1n) is 6.90. The van der Waals surface area contributed by atoms with Crippen molar-refractivity contribution in [2.75, 3.05) is 46.3 Å². The zero-order valence-electron chi connectivity index (χ0n) is 10.7. The minimum atomic E-state index is 0.816. The average molecular weight is 225 g/mol. The van der Waals surface area contributed by atoms with Gasteiger partial charge in [-0.2, -0.15) is 0 Å². The predicted molar refractivity (Wildman–Crippen MR) is 68.4 cm³/mol. The van der Waals surface area contributed by atoms with Gasteiger partial charge in [0.2, 0.25) is 0 Å². The molecule has 94 valence electrons. The second-order valence-electron chi connectivity index (χ2n) is 5.63. The van der Waals surface area contributed by atoms with Gasteiger partial charge < -0.3 is 15.5 Å². The van der Waals surface area contributed by atoms with Crippen LogP contribution in [0.5, 0.6) is 0 Å². The quantitative estimate of drug-likeness (QED) is 0.778. The molecule has 2 heterocycles. The van der Waals surface area contributed by atoms with Gasteiger partial charge >= 0.3 is 0 Å². The molecule has 2 fully saturated rings. The highest BCUT2D eigenvalue weighted by Gasteiger charge is 2.28. The van der Waals surface area contributed by atoms with Crippen molar-refractivity contribution in [1.82, 2.24) is 9.80 Å². The van der Waals surface area contributed by atoms with Gasteiger partial charge in [-0.1, -0.05) is 0 Å². The smallest absolute Gasteiger partial charge is 0.0105 e. The molecule has 2 rings (SSSR count). The normalized spacial score (nSPS) is 30.8. The maximum atomic E-state index is 5.61. The first kappa shape index (κ1) is 12.3. The van der Waals surface area contributed by atoms with Crippen LogP contribution in [0.15, 0.2) is 0 Å². The molecule has 2 aliphatic heterocycles. The van der Waals surface area contributed by atoms with Crippen molar-refractivity contribution < 1.29 is 0 Å². The lowest BCUT2D eigenvalue weighted by atomic mass is 9.80. The number of piperidine rings is 2. The predicted octanol–water partition coefficient (Wildman–Crippen LogP) is 0.999. The maximum absolute atomic E-state index is 5.61. The van der Waals surface area contributed by atoms with Crippen LogP contribution < -0.4 is 5.73 Å². The molecule has 0 aromatic heterocycles. The van der Waals surface area contributed by atoms with Gasteiger partial charge in [0.1, 0.15) is 0 Å². The van der Waals surface area contributed by atoms with E-state index in [2.05, 4.69) is 16.8 Å². The van der Waals surface area contributed by atoms with E-state index in [-0.39, 0.29) is 0 Å². The van der Waals surface area contributed by atoms with Crippen LogP contribution in [0.3, 0.4) is 0 Å². The molecule has 0 radical (unpaired) electrons. The van der Waals surface area contributed by atoms with Crippen molar-refractivity contribution in [3.8, 4) is 0 Å². The Morgan fingerprint density at radius 3 is 2.44 bits per heavy atom. The van der Waals surface area contributed by atoms with Crippen molar-refractivity contribution in [2.24, 2.45) is 17.6 Å². The summed E-state index contributed by atoms with van der Waals surface area (Å²) in [5.41, 5.74) is 5.61. The van der Waals surface area contributed by atoms with Gasteiger partial charge in [0.05, 0.1) is 0 Å². The monoisotopic (exact) mass is 225 g/mol. The molecular weight excluding hydrogens is 198 g/mol. The Kier molecular flexibility index (Phi) is 4.62. The van der Waals surface area contributed by atoms with Crippen molar-refractivity contribution in [2.45, 2.75) is 25.7 Å². The summed E-state index contributed by atoms with van der Waals surface area (Å²) in [4.78, 5) is 5.05.